The van der Waals surface area contributed by atoms with E-state index in [2.05, 4.69) is 22.1 Å². The molecular weight excluding hydrogens is 210 g/mol. The maximum atomic E-state index is 5.78. The monoisotopic (exact) mass is 223 g/mol. The van der Waals surface area contributed by atoms with Crippen LogP contribution < -0.4 is 5.73 Å². The number of nitrogens with zero attached hydrogens (tertiary/aromatic N) is 1. The van der Waals surface area contributed by atoms with Crippen molar-refractivity contribution in [3.05, 3.63) is 54.4 Å². The third-order valence-electron chi connectivity index (χ3n) is 2.99. The Balaban J connectivity index is 2.30. The Morgan fingerprint density at radius 3 is 2.82 bits per heavy atom. The number of aromatic nitrogens is 2. The highest BCUT2D eigenvalue weighted by Crippen LogP contribution is 2.29. The Morgan fingerprint density at radius 1 is 1.06 bits per heavy atom. The third kappa shape index (κ3) is 1.61. The Bertz CT molecular complexity index is 655. The van der Waals surface area contributed by atoms with Crippen molar-refractivity contribution in [3.63, 3.8) is 0 Å². The van der Waals surface area contributed by atoms with Crippen LogP contribution in [0.4, 0.5) is 0 Å². The van der Waals surface area contributed by atoms with Crippen LogP contribution in [0.15, 0.2) is 48.8 Å². The van der Waals surface area contributed by atoms with Crippen molar-refractivity contribution in [1.82, 2.24) is 9.97 Å². The molecule has 0 saturated carbocycles. The molecule has 1 aromatic carbocycles. The van der Waals surface area contributed by atoms with E-state index in [4.69, 9.17) is 5.73 Å². The van der Waals surface area contributed by atoms with Crippen molar-refractivity contribution in [2.45, 2.75) is 6.54 Å². The second kappa shape index (κ2) is 4.03. The zero-order valence-electron chi connectivity index (χ0n) is 9.35. The van der Waals surface area contributed by atoms with Crippen LogP contribution in [-0.4, -0.2) is 9.97 Å². The summed E-state index contributed by atoms with van der Waals surface area (Å²) >= 11 is 0. The fourth-order valence-corrected chi connectivity index (χ4v) is 2.16. The normalized spacial score (nSPS) is 10.9. The van der Waals surface area contributed by atoms with E-state index >= 15 is 0 Å². The van der Waals surface area contributed by atoms with Gasteiger partial charge >= 0.3 is 0 Å². The molecule has 0 spiro atoms. The van der Waals surface area contributed by atoms with E-state index in [1.54, 1.807) is 0 Å². The Kier molecular flexibility index (Phi) is 2.38. The molecule has 2 heterocycles. The van der Waals surface area contributed by atoms with Crippen molar-refractivity contribution in [2.75, 3.05) is 0 Å². The lowest BCUT2D eigenvalue weighted by Crippen LogP contribution is -1.98. The van der Waals surface area contributed by atoms with E-state index in [9.17, 15) is 0 Å². The number of hydrogen-bond donors (Lipinski definition) is 2. The number of rotatable bonds is 2. The summed E-state index contributed by atoms with van der Waals surface area (Å²) in [5, 5.41) is 1.13. The van der Waals surface area contributed by atoms with Gasteiger partial charge in [-0.15, -0.1) is 0 Å². The number of nitrogens with one attached hydrogen (secondary N) is 1. The van der Waals surface area contributed by atoms with Crippen LogP contribution in [0.2, 0.25) is 0 Å². The molecule has 0 radical (unpaired) electrons. The standard InChI is InChI=1S/C14H13N3/c15-9-10-3-1-2-4-11(10)12-5-7-16-14-13(12)6-8-17-14/h1-8H,9,15H2,(H,16,17). The maximum absolute atomic E-state index is 5.78. The zero-order valence-corrected chi connectivity index (χ0v) is 9.35. The molecular formula is C14H13N3. The summed E-state index contributed by atoms with van der Waals surface area (Å²) in [5.74, 6) is 0. The first-order valence-corrected chi connectivity index (χ1v) is 5.60. The molecule has 0 aliphatic heterocycles. The van der Waals surface area contributed by atoms with Gasteiger partial charge in [0.1, 0.15) is 5.65 Å². The lowest BCUT2D eigenvalue weighted by atomic mass is 9.98. The molecule has 3 aromatic rings. The van der Waals surface area contributed by atoms with Gasteiger partial charge in [-0.1, -0.05) is 24.3 Å². The highest BCUT2D eigenvalue weighted by Gasteiger charge is 2.07. The van der Waals surface area contributed by atoms with Crippen LogP contribution in [-0.2, 0) is 6.54 Å². The second-order valence-electron chi connectivity index (χ2n) is 3.96. The number of nitrogens with two attached hydrogens (primary N) is 1. The van der Waals surface area contributed by atoms with Crippen LogP contribution >= 0.6 is 0 Å². The molecule has 17 heavy (non-hydrogen) atoms. The molecule has 3 heteroatoms. The number of aromatic amines is 1. The van der Waals surface area contributed by atoms with Crippen LogP contribution in [0.1, 0.15) is 5.56 Å². The molecule has 0 amide bonds. The topological polar surface area (TPSA) is 54.7 Å². The van der Waals surface area contributed by atoms with Crippen molar-refractivity contribution < 1.29 is 0 Å². The smallest absolute Gasteiger partial charge is 0.137 e. The first-order chi connectivity index (χ1) is 8.40. The number of pyridine rings is 1. The molecule has 0 unspecified atom stereocenters. The molecule has 2 aromatic heterocycles. The van der Waals surface area contributed by atoms with Gasteiger partial charge in [0.25, 0.3) is 0 Å². The van der Waals surface area contributed by atoms with Gasteiger partial charge in [-0.05, 0) is 28.8 Å². The fraction of sp³-hybridized carbons (Fsp3) is 0.0714. The Hall–Kier alpha value is -2.13. The predicted molar refractivity (Wildman–Crippen MR) is 69.4 cm³/mol. The summed E-state index contributed by atoms with van der Waals surface area (Å²) in [7, 11) is 0. The summed E-state index contributed by atoms with van der Waals surface area (Å²) in [6, 6.07) is 12.3. The van der Waals surface area contributed by atoms with Crippen LogP contribution in [0.25, 0.3) is 22.2 Å². The molecule has 0 fully saturated rings. The van der Waals surface area contributed by atoms with E-state index in [1.165, 1.54) is 11.1 Å². The van der Waals surface area contributed by atoms with Crippen molar-refractivity contribution in [3.8, 4) is 11.1 Å². The average molecular weight is 223 g/mol. The first-order valence-electron chi connectivity index (χ1n) is 5.60. The molecule has 0 bridgehead atoms. The van der Waals surface area contributed by atoms with E-state index in [1.807, 2.05) is 36.7 Å². The van der Waals surface area contributed by atoms with E-state index in [0.717, 1.165) is 16.6 Å². The van der Waals surface area contributed by atoms with Gasteiger partial charge in [-0.3, -0.25) is 0 Å². The minimum atomic E-state index is 0.546. The second-order valence-corrected chi connectivity index (χ2v) is 3.96. The van der Waals surface area contributed by atoms with Crippen LogP contribution in [0.5, 0.6) is 0 Å². The number of fused-ring (bicyclic) bond motifs is 1. The lowest BCUT2D eigenvalue weighted by molar-refractivity contribution is 1.07. The quantitative estimate of drug-likeness (QED) is 0.701. The summed E-state index contributed by atoms with van der Waals surface area (Å²) in [5.41, 5.74) is 10.2. The van der Waals surface area contributed by atoms with Gasteiger partial charge in [-0.2, -0.15) is 0 Å². The number of benzene rings is 1. The minimum Gasteiger partial charge on any atom is -0.346 e. The third-order valence-corrected chi connectivity index (χ3v) is 2.99. The Labute approximate surface area is 99.3 Å². The predicted octanol–water partition coefficient (Wildman–Crippen LogP) is 2.69. The largest absolute Gasteiger partial charge is 0.346 e. The molecule has 3 N–H and O–H groups in total. The number of H-pyrrole nitrogens is 1. The Morgan fingerprint density at radius 2 is 1.94 bits per heavy atom. The summed E-state index contributed by atoms with van der Waals surface area (Å²) in [4.78, 5) is 7.42. The highest BCUT2D eigenvalue weighted by atomic mass is 14.8. The molecule has 84 valence electrons. The molecule has 3 nitrogen and oxygen atoms in total. The summed E-state index contributed by atoms with van der Waals surface area (Å²) in [6.45, 7) is 0.546. The zero-order chi connectivity index (χ0) is 11.7. The molecule has 0 atom stereocenters. The number of hydrogen-bond acceptors (Lipinski definition) is 2. The molecule has 0 aliphatic carbocycles. The SMILES string of the molecule is NCc1ccccc1-c1ccnc2[nH]ccc12. The van der Waals surface area contributed by atoms with Crippen molar-refractivity contribution >= 4 is 11.0 Å². The van der Waals surface area contributed by atoms with Crippen LogP contribution in [0.3, 0.4) is 0 Å². The van der Waals surface area contributed by atoms with E-state index in [-0.39, 0.29) is 0 Å². The van der Waals surface area contributed by atoms with Gasteiger partial charge in [-0.25, -0.2) is 4.98 Å². The van der Waals surface area contributed by atoms with Gasteiger partial charge in [0.15, 0.2) is 0 Å². The molecule has 0 aliphatic rings. The average Bonchev–Trinajstić information content (AvgIpc) is 2.86. The molecule has 3 rings (SSSR count). The van der Waals surface area contributed by atoms with Gasteiger partial charge in [0.05, 0.1) is 0 Å². The molecule has 0 saturated heterocycles. The maximum Gasteiger partial charge on any atom is 0.137 e. The van der Waals surface area contributed by atoms with Gasteiger partial charge in [0, 0.05) is 24.3 Å². The summed E-state index contributed by atoms with van der Waals surface area (Å²) < 4.78 is 0. The fourth-order valence-electron chi connectivity index (χ4n) is 2.16. The van der Waals surface area contributed by atoms with E-state index in [0.29, 0.717) is 6.54 Å². The van der Waals surface area contributed by atoms with Crippen molar-refractivity contribution in [2.24, 2.45) is 5.73 Å². The van der Waals surface area contributed by atoms with E-state index < -0.39 is 0 Å². The minimum absolute atomic E-state index is 0.546. The van der Waals surface area contributed by atoms with Gasteiger partial charge in [0.2, 0.25) is 0 Å². The van der Waals surface area contributed by atoms with Crippen LogP contribution in [0, 0.1) is 0 Å². The first kappa shape index (κ1) is 10.1. The summed E-state index contributed by atoms with van der Waals surface area (Å²) in [6.07, 6.45) is 3.73. The van der Waals surface area contributed by atoms with Gasteiger partial charge < -0.3 is 10.7 Å². The lowest BCUT2D eigenvalue weighted by Gasteiger charge is -2.08. The highest BCUT2D eigenvalue weighted by molar-refractivity contribution is 5.93. The van der Waals surface area contributed by atoms with Crippen molar-refractivity contribution in [1.29, 1.82) is 0 Å².